The second kappa shape index (κ2) is 2.84. The van der Waals surface area contributed by atoms with Gasteiger partial charge >= 0.3 is 0 Å². The molecular formula is C7H12N2O. The third-order valence-corrected chi connectivity index (χ3v) is 1.43. The molecule has 0 radical (unpaired) electrons. The van der Waals surface area contributed by atoms with E-state index in [1.807, 2.05) is 26.1 Å². The SMILES string of the molecule is CC(C)N1C=CC=NC1O. The van der Waals surface area contributed by atoms with Gasteiger partial charge in [0, 0.05) is 18.5 Å². The summed E-state index contributed by atoms with van der Waals surface area (Å²) < 4.78 is 0. The minimum atomic E-state index is -0.690. The molecule has 3 nitrogen and oxygen atoms in total. The fraction of sp³-hybridized carbons (Fsp3) is 0.571. The fourth-order valence-electron chi connectivity index (χ4n) is 0.857. The van der Waals surface area contributed by atoms with Crippen LogP contribution in [-0.4, -0.2) is 28.6 Å². The van der Waals surface area contributed by atoms with E-state index in [0.29, 0.717) is 6.04 Å². The van der Waals surface area contributed by atoms with Gasteiger partial charge in [-0.1, -0.05) is 0 Å². The van der Waals surface area contributed by atoms with Crippen molar-refractivity contribution in [2.45, 2.75) is 26.2 Å². The number of allylic oxidation sites excluding steroid dienone is 1. The van der Waals surface area contributed by atoms with Gasteiger partial charge in [0.2, 0.25) is 6.35 Å². The Morgan fingerprint density at radius 2 is 2.30 bits per heavy atom. The number of nitrogens with zero attached hydrogens (tertiary/aromatic N) is 2. The molecule has 0 bridgehead atoms. The predicted molar refractivity (Wildman–Crippen MR) is 40.6 cm³/mol. The molecule has 1 rings (SSSR count). The summed E-state index contributed by atoms with van der Waals surface area (Å²) in [5.41, 5.74) is 0. The first kappa shape index (κ1) is 7.28. The molecule has 0 saturated carbocycles. The number of rotatable bonds is 1. The lowest BCUT2D eigenvalue weighted by Gasteiger charge is -2.28. The summed E-state index contributed by atoms with van der Waals surface area (Å²) >= 11 is 0. The van der Waals surface area contributed by atoms with Crippen LogP contribution >= 0.6 is 0 Å². The highest BCUT2D eigenvalue weighted by atomic mass is 16.3. The first-order valence-electron chi connectivity index (χ1n) is 3.37. The lowest BCUT2D eigenvalue weighted by atomic mass is 10.3. The van der Waals surface area contributed by atoms with Crippen molar-refractivity contribution in [3.8, 4) is 0 Å². The van der Waals surface area contributed by atoms with Gasteiger partial charge in [0.05, 0.1) is 0 Å². The van der Waals surface area contributed by atoms with Gasteiger partial charge in [0.1, 0.15) is 0 Å². The molecule has 3 heteroatoms. The summed E-state index contributed by atoms with van der Waals surface area (Å²) in [5.74, 6) is 0. The number of hydrogen-bond donors (Lipinski definition) is 1. The molecule has 1 heterocycles. The topological polar surface area (TPSA) is 35.8 Å². The molecule has 0 aromatic carbocycles. The van der Waals surface area contributed by atoms with E-state index in [9.17, 15) is 5.11 Å². The van der Waals surface area contributed by atoms with Crippen LogP contribution in [0.4, 0.5) is 0 Å². The van der Waals surface area contributed by atoms with E-state index in [1.165, 1.54) is 0 Å². The lowest BCUT2D eigenvalue weighted by Crippen LogP contribution is -2.36. The average molecular weight is 140 g/mol. The maximum Gasteiger partial charge on any atom is 0.225 e. The molecule has 0 aliphatic carbocycles. The molecule has 0 spiro atoms. The first-order valence-corrected chi connectivity index (χ1v) is 3.37. The van der Waals surface area contributed by atoms with Crippen LogP contribution in [0.5, 0.6) is 0 Å². The van der Waals surface area contributed by atoms with Crippen molar-refractivity contribution >= 4 is 6.21 Å². The van der Waals surface area contributed by atoms with Gasteiger partial charge in [0.25, 0.3) is 0 Å². The highest BCUT2D eigenvalue weighted by Crippen LogP contribution is 2.07. The van der Waals surface area contributed by atoms with E-state index in [0.717, 1.165) is 0 Å². The van der Waals surface area contributed by atoms with E-state index in [2.05, 4.69) is 4.99 Å². The summed E-state index contributed by atoms with van der Waals surface area (Å²) in [4.78, 5) is 5.58. The minimum absolute atomic E-state index is 0.295. The number of aliphatic hydroxyl groups is 1. The molecule has 1 aliphatic rings. The monoisotopic (exact) mass is 140 g/mol. The summed E-state index contributed by atoms with van der Waals surface area (Å²) in [5, 5.41) is 9.22. The van der Waals surface area contributed by atoms with Crippen LogP contribution in [0, 0.1) is 0 Å². The third-order valence-electron chi connectivity index (χ3n) is 1.43. The Morgan fingerprint density at radius 3 is 2.70 bits per heavy atom. The number of aliphatic imine (C=N–C) groups is 1. The Balaban J connectivity index is 2.61. The molecule has 0 fully saturated rings. The van der Waals surface area contributed by atoms with Crippen LogP contribution in [0.2, 0.25) is 0 Å². The van der Waals surface area contributed by atoms with E-state index in [-0.39, 0.29) is 0 Å². The number of hydrogen-bond acceptors (Lipinski definition) is 3. The summed E-state index contributed by atoms with van der Waals surface area (Å²) in [6.45, 7) is 4.02. The van der Waals surface area contributed by atoms with Crippen LogP contribution in [0.1, 0.15) is 13.8 Å². The van der Waals surface area contributed by atoms with Crippen molar-refractivity contribution in [3.05, 3.63) is 12.3 Å². The van der Waals surface area contributed by atoms with Crippen molar-refractivity contribution < 1.29 is 5.11 Å². The Hall–Kier alpha value is -0.830. The van der Waals surface area contributed by atoms with Crippen molar-refractivity contribution in [3.63, 3.8) is 0 Å². The smallest absolute Gasteiger partial charge is 0.225 e. The van der Waals surface area contributed by atoms with Gasteiger partial charge in [-0.25, -0.2) is 4.99 Å². The van der Waals surface area contributed by atoms with Crippen molar-refractivity contribution in [1.82, 2.24) is 4.90 Å². The van der Waals surface area contributed by atoms with E-state index < -0.39 is 6.35 Å². The van der Waals surface area contributed by atoms with Crippen LogP contribution in [0.15, 0.2) is 17.3 Å². The second-order valence-corrected chi connectivity index (χ2v) is 2.53. The summed E-state index contributed by atoms with van der Waals surface area (Å²) in [6.07, 6.45) is 4.56. The zero-order chi connectivity index (χ0) is 7.56. The summed E-state index contributed by atoms with van der Waals surface area (Å²) in [7, 11) is 0. The Kier molecular flexibility index (Phi) is 2.06. The van der Waals surface area contributed by atoms with Gasteiger partial charge in [-0.15, -0.1) is 0 Å². The van der Waals surface area contributed by atoms with Gasteiger partial charge in [-0.2, -0.15) is 0 Å². The highest BCUT2D eigenvalue weighted by molar-refractivity contribution is 5.71. The second-order valence-electron chi connectivity index (χ2n) is 2.53. The Labute approximate surface area is 60.7 Å². The van der Waals surface area contributed by atoms with Crippen LogP contribution in [0.3, 0.4) is 0 Å². The zero-order valence-corrected chi connectivity index (χ0v) is 6.23. The summed E-state index contributed by atoms with van der Waals surface area (Å²) in [6, 6.07) is 0.295. The highest BCUT2D eigenvalue weighted by Gasteiger charge is 2.13. The minimum Gasteiger partial charge on any atom is -0.355 e. The Bertz CT molecular complexity index is 163. The molecule has 0 aromatic rings. The molecule has 10 heavy (non-hydrogen) atoms. The van der Waals surface area contributed by atoms with Crippen LogP contribution in [0.25, 0.3) is 0 Å². The maximum absolute atomic E-state index is 9.22. The standard InChI is InChI=1S/C7H12N2O/c1-6(2)9-5-3-4-8-7(9)10/h3-7,10H,1-2H3. The normalized spacial score (nSPS) is 24.4. The van der Waals surface area contributed by atoms with Crippen molar-refractivity contribution in [2.75, 3.05) is 0 Å². The van der Waals surface area contributed by atoms with Crippen molar-refractivity contribution in [1.29, 1.82) is 0 Å². The first-order chi connectivity index (χ1) is 4.72. The molecule has 0 amide bonds. The van der Waals surface area contributed by atoms with Gasteiger partial charge in [-0.3, -0.25) is 0 Å². The molecule has 1 aliphatic heterocycles. The van der Waals surface area contributed by atoms with E-state index >= 15 is 0 Å². The fourth-order valence-corrected chi connectivity index (χ4v) is 0.857. The van der Waals surface area contributed by atoms with Gasteiger partial charge in [0.15, 0.2) is 0 Å². The largest absolute Gasteiger partial charge is 0.355 e. The molecular weight excluding hydrogens is 128 g/mol. The van der Waals surface area contributed by atoms with Gasteiger partial charge < -0.3 is 10.0 Å². The molecule has 1 N–H and O–H groups in total. The Morgan fingerprint density at radius 1 is 1.60 bits per heavy atom. The lowest BCUT2D eigenvalue weighted by molar-refractivity contribution is 0.0257. The third kappa shape index (κ3) is 1.36. The zero-order valence-electron chi connectivity index (χ0n) is 6.23. The van der Waals surface area contributed by atoms with Crippen LogP contribution < -0.4 is 0 Å². The number of aliphatic hydroxyl groups excluding tert-OH is 1. The molecule has 1 atom stereocenters. The van der Waals surface area contributed by atoms with Crippen LogP contribution in [-0.2, 0) is 0 Å². The van der Waals surface area contributed by atoms with E-state index in [4.69, 9.17) is 0 Å². The predicted octanol–water partition coefficient (Wildman–Crippen LogP) is 0.571. The quantitative estimate of drug-likeness (QED) is 0.578. The van der Waals surface area contributed by atoms with Crippen molar-refractivity contribution in [2.24, 2.45) is 4.99 Å². The van der Waals surface area contributed by atoms with Gasteiger partial charge in [-0.05, 0) is 19.9 Å². The average Bonchev–Trinajstić information content (AvgIpc) is 1.88. The molecule has 0 saturated heterocycles. The molecule has 0 aromatic heterocycles. The molecule has 56 valence electrons. The maximum atomic E-state index is 9.22. The van der Waals surface area contributed by atoms with E-state index in [1.54, 1.807) is 11.1 Å². The molecule has 1 unspecified atom stereocenters.